The molecule has 1 saturated heterocycles. The van der Waals surface area contributed by atoms with Crippen molar-refractivity contribution in [1.29, 1.82) is 0 Å². The van der Waals surface area contributed by atoms with Crippen molar-refractivity contribution in [3.05, 3.63) is 23.8 Å². The molecule has 2 aliphatic heterocycles. The maximum atomic E-state index is 13.0. The highest BCUT2D eigenvalue weighted by molar-refractivity contribution is 5.49. The predicted molar refractivity (Wildman–Crippen MR) is 75.2 cm³/mol. The van der Waals surface area contributed by atoms with E-state index in [9.17, 15) is 4.39 Å². The third-order valence-electron chi connectivity index (χ3n) is 3.93. The maximum absolute atomic E-state index is 13.0. The lowest BCUT2D eigenvalue weighted by atomic mass is 9.99. The van der Waals surface area contributed by atoms with Gasteiger partial charge in [0.1, 0.15) is 13.2 Å². The molecule has 0 aromatic heterocycles. The van der Waals surface area contributed by atoms with Gasteiger partial charge in [-0.05, 0) is 12.5 Å². The molecule has 0 saturated carbocycles. The Labute approximate surface area is 118 Å². The minimum Gasteiger partial charge on any atom is -0.486 e. The monoisotopic (exact) mass is 280 g/mol. The van der Waals surface area contributed by atoms with Crippen LogP contribution >= 0.6 is 0 Å². The van der Waals surface area contributed by atoms with E-state index in [1.807, 2.05) is 18.2 Å². The topological polar surface area (TPSA) is 33.7 Å². The summed E-state index contributed by atoms with van der Waals surface area (Å²) < 4.78 is 24.4. The van der Waals surface area contributed by atoms with Gasteiger partial charge < -0.3 is 14.8 Å². The van der Waals surface area contributed by atoms with Crippen LogP contribution in [0.4, 0.5) is 4.39 Å². The van der Waals surface area contributed by atoms with Gasteiger partial charge >= 0.3 is 0 Å². The molecule has 0 amide bonds. The smallest absolute Gasteiger partial charge is 0.166 e. The molecule has 0 spiro atoms. The standard InChI is InChI=1S/C15H21FN2O2/c16-5-4-13(18-8-6-17-7-9-18)12-2-1-3-14-15(12)20-11-10-19-14/h1-3,13,17H,4-11H2/t13-/m1/s1. The molecule has 0 aliphatic carbocycles. The van der Waals surface area contributed by atoms with Crippen molar-refractivity contribution in [2.24, 2.45) is 0 Å². The lowest BCUT2D eigenvalue weighted by Gasteiger charge is -2.36. The van der Waals surface area contributed by atoms with Gasteiger partial charge in [0.2, 0.25) is 0 Å². The Morgan fingerprint density at radius 1 is 1.20 bits per heavy atom. The summed E-state index contributed by atoms with van der Waals surface area (Å²) in [6.07, 6.45) is 0.500. The van der Waals surface area contributed by atoms with Crippen LogP contribution < -0.4 is 14.8 Å². The molecule has 4 nitrogen and oxygen atoms in total. The Morgan fingerprint density at radius 3 is 2.80 bits per heavy atom. The average Bonchev–Trinajstić information content (AvgIpc) is 2.53. The van der Waals surface area contributed by atoms with Crippen molar-refractivity contribution < 1.29 is 13.9 Å². The van der Waals surface area contributed by atoms with Gasteiger partial charge in [0.05, 0.1) is 6.67 Å². The molecule has 2 heterocycles. The van der Waals surface area contributed by atoms with Gasteiger partial charge in [0, 0.05) is 37.8 Å². The van der Waals surface area contributed by atoms with Crippen molar-refractivity contribution in [3.63, 3.8) is 0 Å². The van der Waals surface area contributed by atoms with Gasteiger partial charge in [-0.3, -0.25) is 9.29 Å². The quantitative estimate of drug-likeness (QED) is 0.911. The van der Waals surface area contributed by atoms with Crippen LogP contribution in [0.3, 0.4) is 0 Å². The zero-order valence-electron chi connectivity index (χ0n) is 11.6. The first-order valence-corrected chi connectivity index (χ1v) is 7.29. The fourth-order valence-corrected chi connectivity index (χ4v) is 2.99. The number of piperazine rings is 1. The molecule has 1 fully saturated rings. The fraction of sp³-hybridized carbons (Fsp3) is 0.600. The highest BCUT2D eigenvalue weighted by Gasteiger charge is 2.27. The molecule has 20 heavy (non-hydrogen) atoms. The average molecular weight is 280 g/mol. The summed E-state index contributed by atoms with van der Waals surface area (Å²) in [7, 11) is 0. The van der Waals surface area contributed by atoms with E-state index < -0.39 is 0 Å². The number of fused-ring (bicyclic) bond motifs is 1. The van der Waals surface area contributed by atoms with E-state index in [0.717, 1.165) is 43.2 Å². The van der Waals surface area contributed by atoms with Crippen molar-refractivity contribution >= 4 is 0 Å². The summed E-state index contributed by atoms with van der Waals surface area (Å²) in [5.74, 6) is 1.59. The van der Waals surface area contributed by atoms with E-state index in [-0.39, 0.29) is 12.7 Å². The lowest BCUT2D eigenvalue weighted by Crippen LogP contribution is -2.45. The Hall–Kier alpha value is -1.33. The minimum atomic E-state index is -0.320. The van der Waals surface area contributed by atoms with Crippen LogP contribution in [0, 0.1) is 0 Å². The van der Waals surface area contributed by atoms with Gasteiger partial charge in [-0.15, -0.1) is 0 Å². The summed E-state index contributed by atoms with van der Waals surface area (Å²) in [6.45, 7) is 4.61. The molecule has 0 bridgehead atoms. The van der Waals surface area contributed by atoms with Crippen molar-refractivity contribution in [2.75, 3.05) is 46.1 Å². The number of nitrogens with one attached hydrogen (secondary N) is 1. The van der Waals surface area contributed by atoms with Gasteiger partial charge in [0.25, 0.3) is 0 Å². The van der Waals surface area contributed by atoms with E-state index in [1.165, 1.54) is 0 Å². The number of halogens is 1. The SMILES string of the molecule is FCC[C@H](c1cccc2c1OCCO2)N1CCNCC1. The van der Waals surface area contributed by atoms with E-state index in [1.54, 1.807) is 0 Å². The van der Waals surface area contributed by atoms with Crippen LogP contribution in [0.5, 0.6) is 11.5 Å². The number of hydrogen-bond donors (Lipinski definition) is 1. The summed E-state index contributed by atoms with van der Waals surface area (Å²) in [5, 5.41) is 3.33. The zero-order valence-corrected chi connectivity index (χ0v) is 11.6. The van der Waals surface area contributed by atoms with Crippen LogP contribution in [-0.4, -0.2) is 51.0 Å². The second-order valence-electron chi connectivity index (χ2n) is 5.15. The van der Waals surface area contributed by atoms with Crippen molar-refractivity contribution in [3.8, 4) is 11.5 Å². The number of ether oxygens (including phenoxy) is 2. The molecule has 1 N–H and O–H groups in total. The van der Waals surface area contributed by atoms with Crippen LogP contribution in [0.25, 0.3) is 0 Å². The molecule has 3 rings (SSSR count). The number of hydrogen-bond acceptors (Lipinski definition) is 4. The molecular weight excluding hydrogens is 259 g/mol. The molecular formula is C15H21FN2O2. The second-order valence-corrected chi connectivity index (χ2v) is 5.15. The first-order chi connectivity index (χ1) is 9.90. The minimum absolute atomic E-state index is 0.0683. The van der Waals surface area contributed by atoms with E-state index in [0.29, 0.717) is 19.6 Å². The van der Waals surface area contributed by atoms with E-state index in [2.05, 4.69) is 10.2 Å². The third-order valence-corrected chi connectivity index (χ3v) is 3.93. The number of benzene rings is 1. The largest absolute Gasteiger partial charge is 0.486 e. The Balaban J connectivity index is 1.90. The molecule has 2 aliphatic rings. The molecule has 110 valence electrons. The highest BCUT2D eigenvalue weighted by atomic mass is 19.1. The zero-order chi connectivity index (χ0) is 13.8. The summed E-state index contributed by atoms with van der Waals surface area (Å²) in [5.41, 5.74) is 1.06. The van der Waals surface area contributed by atoms with Crippen molar-refractivity contribution in [1.82, 2.24) is 10.2 Å². The summed E-state index contributed by atoms with van der Waals surface area (Å²) in [4.78, 5) is 2.34. The number of nitrogens with zero attached hydrogens (tertiary/aromatic N) is 1. The van der Waals surface area contributed by atoms with Gasteiger partial charge in [-0.25, -0.2) is 0 Å². The molecule has 1 atom stereocenters. The van der Waals surface area contributed by atoms with Crippen LogP contribution in [-0.2, 0) is 0 Å². The molecule has 0 unspecified atom stereocenters. The summed E-state index contributed by atoms with van der Waals surface area (Å²) >= 11 is 0. The van der Waals surface area contributed by atoms with Gasteiger partial charge in [-0.2, -0.15) is 0 Å². The first kappa shape index (κ1) is 13.6. The van der Waals surface area contributed by atoms with Crippen LogP contribution in [0.1, 0.15) is 18.0 Å². The highest BCUT2D eigenvalue weighted by Crippen LogP contribution is 2.40. The van der Waals surface area contributed by atoms with E-state index >= 15 is 0 Å². The molecule has 1 aromatic carbocycles. The Morgan fingerprint density at radius 2 is 2.00 bits per heavy atom. The van der Waals surface area contributed by atoms with Gasteiger partial charge in [0.15, 0.2) is 11.5 Å². The maximum Gasteiger partial charge on any atom is 0.166 e. The molecule has 1 aromatic rings. The Kier molecular flexibility index (Phi) is 4.38. The van der Waals surface area contributed by atoms with E-state index in [4.69, 9.17) is 9.47 Å². The van der Waals surface area contributed by atoms with Gasteiger partial charge in [-0.1, -0.05) is 12.1 Å². The molecule has 0 radical (unpaired) electrons. The molecule has 5 heteroatoms. The second kappa shape index (κ2) is 6.41. The third kappa shape index (κ3) is 2.74. The first-order valence-electron chi connectivity index (χ1n) is 7.29. The number of para-hydroxylation sites is 1. The lowest BCUT2D eigenvalue weighted by molar-refractivity contribution is 0.140. The predicted octanol–water partition coefficient (Wildman–Crippen LogP) is 1.76. The normalized spacial score (nSPS) is 20.6. The van der Waals surface area contributed by atoms with Crippen LogP contribution in [0.15, 0.2) is 18.2 Å². The Bertz CT molecular complexity index is 449. The van der Waals surface area contributed by atoms with Crippen molar-refractivity contribution in [2.45, 2.75) is 12.5 Å². The number of alkyl halides is 1. The summed E-state index contributed by atoms with van der Waals surface area (Å²) in [6, 6.07) is 5.99. The van der Waals surface area contributed by atoms with Crippen LogP contribution in [0.2, 0.25) is 0 Å². The fourth-order valence-electron chi connectivity index (χ4n) is 2.99. The number of rotatable bonds is 4.